The molecule has 17 heavy (non-hydrogen) atoms. The van der Waals surface area contributed by atoms with E-state index in [2.05, 4.69) is 10.6 Å². The van der Waals surface area contributed by atoms with Crippen LogP contribution in [0, 0.1) is 5.92 Å². The van der Waals surface area contributed by atoms with Gasteiger partial charge in [-0.25, -0.2) is 4.79 Å². The number of carbonyl (C=O) groups excluding carboxylic acids is 3. The summed E-state index contributed by atoms with van der Waals surface area (Å²) >= 11 is 0. The zero-order valence-electron chi connectivity index (χ0n) is 10.2. The van der Waals surface area contributed by atoms with Gasteiger partial charge in [0.15, 0.2) is 0 Å². The molecular formula is C11H19N3O3. The smallest absolute Gasteiger partial charge is 0.321 e. The maximum Gasteiger partial charge on any atom is 0.321 e. The Kier molecular flexibility index (Phi) is 5.09. The van der Waals surface area contributed by atoms with Crippen LogP contribution in [-0.2, 0) is 9.59 Å². The number of hydrogen-bond donors (Lipinski definition) is 2. The van der Waals surface area contributed by atoms with Crippen molar-refractivity contribution in [2.24, 2.45) is 5.92 Å². The van der Waals surface area contributed by atoms with Gasteiger partial charge < -0.3 is 10.1 Å². The summed E-state index contributed by atoms with van der Waals surface area (Å²) in [5.41, 5.74) is 0. The number of amides is 3. The van der Waals surface area contributed by atoms with Gasteiger partial charge in [-0.05, 0) is 32.9 Å². The number of nitrogens with one attached hydrogen (secondary N) is 2. The van der Waals surface area contributed by atoms with Crippen molar-refractivity contribution in [2.45, 2.75) is 25.8 Å². The van der Waals surface area contributed by atoms with Crippen LogP contribution in [0.25, 0.3) is 0 Å². The van der Waals surface area contributed by atoms with Crippen molar-refractivity contribution >= 4 is 18.2 Å². The normalized spacial score (nSPS) is 19.4. The van der Waals surface area contributed by atoms with E-state index < -0.39 is 6.03 Å². The Bertz CT molecular complexity index is 298. The Hall–Kier alpha value is -1.43. The van der Waals surface area contributed by atoms with Crippen molar-refractivity contribution in [1.29, 1.82) is 0 Å². The molecule has 1 saturated heterocycles. The molecule has 0 aromatic rings. The summed E-state index contributed by atoms with van der Waals surface area (Å²) in [5, 5.41) is 4.59. The SMILES string of the molecule is CNC(=O)NC(=O)C(C)N1CCC(C=O)CC1. The number of aldehydes is 1. The number of carbonyl (C=O) groups is 3. The van der Waals surface area contributed by atoms with Gasteiger partial charge in [0.25, 0.3) is 0 Å². The van der Waals surface area contributed by atoms with E-state index in [0.717, 1.165) is 19.1 Å². The number of rotatable bonds is 3. The van der Waals surface area contributed by atoms with Crippen LogP contribution in [0.2, 0.25) is 0 Å². The van der Waals surface area contributed by atoms with Gasteiger partial charge in [0.05, 0.1) is 6.04 Å². The molecule has 1 atom stereocenters. The molecule has 0 spiro atoms. The molecule has 0 aromatic carbocycles. The summed E-state index contributed by atoms with van der Waals surface area (Å²) in [6.07, 6.45) is 2.54. The minimum absolute atomic E-state index is 0.112. The van der Waals surface area contributed by atoms with E-state index in [1.54, 1.807) is 6.92 Å². The lowest BCUT2D eigenvalue weighted by atomic mass is 9.97. The van der Waals surface area contributed by atoms with Crippen LogP contribution in [0.1, 0.15) is 19.8 Å². The number of nitrogens with zero attached hydrogens (tertiary/aromatic N) is 1. The predicted molar refractivity (Wildman–Crippen MR) is 62.4 cm³/mol. The van der Waals surface area contributed by atoms with Crippen LogP contribution >= 0.6 is 0 Å². The molecule has 1 rings (SSSR count). The molecule has 0 radical (unpaired) electrons. The lowest BCUT2D eigenvalue weighted by molar-refractivity contribution is -0.125. The topological polar surface area (TPSA) is 78.5 Å². The first kappa shape index (κ1) is 13.6. The van der Waals surface area contributed by atoms with E-state index in [1.807, 2.05) is 4.90 Å². The van der Waals surface area contributed by atoms with Gasteiger partial charge in [0.2, 0.25) is 5.91 Å². The van der Waals surface area contributed by atoms with Gasteiger partial charge in [-0.2, -0.15) is 0 Å². The first-order valence-corrected chi connectivity index (χ1v) is 5.80. The van der Waals surface area contributed by atoms with Crippen molar-refractivity contribution in [3.05, 3.63) is 0 Å². The maximum atomic E-state index is 11.7. The summed E-state index contributed by atoms with van der Waals surface area (Å²) in [5.74, 6) is -0.200. The number of likely N-dealkylation sites (tertiary alicyclic amines) is 1. The van der Waals surface area contributed by atoms with Crippen molar-refractivity contribution in [3.8, 4) is 0 Å². The lowest BCUT2D eigenvalue weighted by Crippen LogP contribution is -2.51. The third-order valence-corrected chi connectivity index (χ3v) is 3.16. The van der Waals surface area contributed by atoms with Crippen LogP contribution in [0.4, 0.5) is 4.79 Å². The first-order chi connectivity index (χ1) is 8.08. The monoisotopic (exact) mass is 241 g/mol. The molecule has 6 heteroatoms. The number of piperidine rings is 1. The molecule has 0 aliphatic carbocycles. The number of imide groups is 1. The van der Waals surface area contributed by atoms with E-state index >= 15 is 0 Å². The van der Waals surface area contributed by atoms with Crippen LogP contribution in [0.3, 0.4) is 0 Å². The fourth-order valence-electron chi connectivity index (χ4n) is 1.89. The van der Waals surface area contributed by atoms with E-state index in [1.165, 1.54) is 7.05 Å². The third-order valence-electron chi connectivity index (χ3n) is 3.16. The Morgan fingerprint density at radius 3 is 2.41 bits per heavy atom. The molecule has 0 aromatic heterocycles. The highest BCUT2D eigenvalue weighted by molar-refractivity contribution is 5.96. The van der Waals surface area contributed by atoms with E-state index in [-0.39, 0.29) is 17.9 Å². The average molecular weight is 241 g/mol. The summed E-state index contributed by atoms with van der Waals surface area (Å²) < 4.78 is 0. The highest BCUT2D eigenvalue weighted by Gasteiger charge is 2.26. The standard InChI is InChI=1S/C11H19N3O3/c1-8(10(16)13-11(17)12-2)14-5-3-9(7-15)4-6-14/h7-9H,3-6H2,1-2H3,(H2,12,13,16,17). The van der Waals surface area contributed by atoms with Gasteiger partial charge in [0.1, 0.15) is 6.29 Å². The minimum atomic E-state index is -0.496. The molecule has 96 valence electrons. The fraction of sp³-hybridized carbons (Fsp3) is 0.727. The fourth-order valence-corrected chi connectivity index (χ4v) is 1.89. The highest BCUT2D eigenvalue weighted by atomic mass is 16.2. The summed E-state index contributed by atoms with van der Waals surface area (Å²) in [6.45, 7) is 3.19. The second kappa shape index (κ2) is 6.34. The van der Waals surface area contributed by atoms with E-state index in [9.17, 15) is 14.4 Å². The molecule has 2 N–H and O–H groups in total. The highest BCUT2D eigenvalue weighted by Crippen LogP contribution is 2.16. The molecule has 1 unspecified atom stereocenters. The second-order valence-corrected chi connectivity index (χ2v) is 4.25. The van der Waals surface area contributed by atoms with Crippen LogP contribution < -0.4 is 10.6 Å². The molecule has 1 heterocycles. The molecule has 3 amide bonds. The van der Waals surface area contributed by atoms with Gasteiger partial charge in [-0.15, -0.1) is 0 Å². The Morgan fingerprint density at radius 1 is 1.35 bits per heavy atom. The van der Waals surface area contributed by atoms with Crippen LogP contribution in [-0.4, -0.2) is 49.3 Å². The predicted octanol–water partition coefficient (Wildman–Crippen LogP) is -0.259. The molecule has 1 fully saturated rings. The Labute approximate surface area is 101 Å². The number of urea groups is 1. The molecule has 0 saturated carbocycles. The molecular weight excluding hydrogens is 222 g/mol. The average Bonchev–Trinajstić information content (AvgIpc) is 2.37. The Morgan fingerprint density at radius 2 is 1.94 bits per heavy atom. The van der Waals surface area contributed by atoms with E-state index in [0.29, 0.717) is 13.1 Å². The Balaban J connectivity index is 2.42. The van der Waals surface area contributed by atoms with Crippen LogP contribution in [0.15, 0.2) is 0 Å². The third kappa shape index (κ3) is 3.81. The van der Waals surface area contributed by atoms with Crippen molar-refractivity contribution in [2.75, 3.05) is 20.1 Å². The maximum absolute atomic E-state index is 11.7. The molecule has 0 bridgehead atoms. The van der Waals surface area contributed by atoms with Crippen molar-refractivity contribution < 1.29 is 14.4 Å². The summed E-state index contributed by atoms with van der Waals surface area (Å²) in [7, 11) is 1.46. The molecule has 1 aliphatic rings. The molecule has 1 aliphatic heterocycles. The van der Waals surface area contributed by atoms with Crippen LogP contribution in [0.5, 0.6) is 0 Å². The zero-order chi connectivity index (χ0) is 12.8. The largest absolute Gasteiger partial charge is 0.341 e. The van der Waals surface area contributed by atoms with Crippen molar-refractivity contribution in [1.82, 2.24) is 15.5 Å². The van der Waals surface area contributed by atoms with E-state index in [4.69, 9.17) is 0 Å². The van der Waals surface area contributed by atoms with Crippen molar-refractivity contribution in [3.63, 3.8) is 0 Å². The summed E-state index contributed by atoms with van der Waals surface area (Å²) in [4.78, 5) is 35.3. The number of hydrogen-bond acceptors (Lipinski definition) is 4. The zero-order valence-corrected chi connectivity index (χ0v) is 10.2. The van der Waals surface area contributed by atoms with Gasteiger partial charge >= 0.3 is 6.03 Å². The lowest BCUT2D eigenvalue weighted by Gasteiger charge is -2.33. The first-order valence-electron chi connectivity index (χ1n) is 5.80. The quantitative estimate of drug-likeness (QED) is 0.667. The summed E-state index contributed by atoms with van der Waals surface area (Å²) in [6, 6.07) is -0.843. The van der Waals surface area contributed by atoms with Gasteiger partial charge in [-0.1, -0.05) is 0 Å². The minimum Gasteiger partial charge on any atom is -0.341 e. The second-order valence-electron chi connectivity index (χ2n) is 4.25. The van der Waals surface area contributed by atoms with Gasteiger partial charge in [-0.3, -0.25) is 15.0 Å². The molecule has 6 nitrogen and oxygen atoms in total. The van der Waals surface area contributed by atoms with Gasteiger partial charge in [0, 0.05) is 13.0 Å².